The molecule has 0 aliphatic carbocycles. The van der Waals surface area contributed by atoms with Crippen LogP contribution in [0.4, 0.5) is 0 Å². The lowest BCUT2D eigenvalue weighted by atomic mass is 10.1. The first-order valence-electron chi connectivity index (χ1n) is 7.54. The van der Waals surface area contributed by atoms with Crippen LogP contribution in [0.1, 0.15) is 33.4 Å². The van der Waals surface area contributed by atoms with Gasteiger partial charge in [0.05, 0.1) is 0 Å². The van der Waals surface area contributed by atoms with Crippen LogP contribution in [-0.2, 0) is 4.57 Å². The summed E-state index contributed by atoms with van der Waals surface area (Å²) in [5.41, 5.74) is 14.9. The highest BCUT2D eigenvalue weighted by atomic mass is 31.2. The van der Waals surface area contributed by atoms with Gasteiger partial charge in [-0.3, -0.25) is 0 Å². The van der Waals surface area contributed by atoms with Crippen LogP contribution in [0, 0.1) is 41.5 Å². The summed E-state index contributed by atoms with van der Waals surface area (Å²) in [6, 6.07) is 7.95. The van der Waals surface area contributed by atoms with Crippen LogP contribution in [0.2, 0.25) is 0 Å². The number of azide groups is 1. The van der Waals surface area contributed by atoms with E-state index in [0.29, 0.717) is 10.6 Å². The first-order chi connectivity index (χ1) is 10.7. The first-order valence-corrected chi connectivity index (χ1v) is 9.20. The summed E-state index contributed by atoms with van der Waals surface area (Å²) in [5, 5.41) is 1.33. The zero-order chi connectivity index (χ0) is 17.4. The molecule has 23 heavy (non-hydrogen) atoms. The van der Waals surface area contributed by atoms with Gasteiger partial charge in [0.15, 0.2) is 0 Å². The predicted molar refractivity (Wildman–Crippen MR) is 97.3 cm³/mol. The fraction of sp³-hybridized carbons (Fsp3) is 0.333. The van der Waals surface area contributed by atoms with Crippen LogP contribution in [0.3, 0.4) is 0 Å². The average Bonchev–Trinajstić information content (AvgIpc) is 2.35. The third-order valence-corrected chi connectivity index (χ3v) is 7.00. The largest absolute Gasteiger partial charge is 0.307 e. The molecule has 120 valence electrons. The smallest absolute Gasteiger partial charge is 0.229 e. The summed E-state index contributed by atoms with van der Waals surface area (Å²) in [5.74, 6) is 0. The molecule has 0 amide bonds. The zero-order valence-electron chi connectivity index (χ0n) is 14.5. The molecule has 0 aromatic heterocycles. The molecule has 2 aromatic carbocycles. The monoisotopic (exact) mass is 327 g/mol. The highest BCUT2D eigenvalue weighted by Crippen LogP contribution is 2.49. The molecule has 0 radical (unpaired) electrons. The number of rotatable bonds is 3. The molecular formula is C18H22N3OP. The third-order valence-electron chi connectivity index (χ3n) is 4.04. The molecule has 5 heteroatoms. The standard InChI is InChI=1S/C18H22N3OP/c1-11-7-13(3)17(14(4)8-11)23(22,21-20-19)18-15(5)9-12(2)10-16(18)6/h7-10H,1-6H3. The van der Waals surface area contributed by atoms with Gasteiger partial charge in [0.2, 0.25) is 7.29 Å². The Morgan fingerprint density at radius 1 is 0.783 bits per heavy atom. The Hall–Kier alpha value is -2.02. The van der Waals surface area contributed by atoms with Crippen LogP contribution in [0.15, 0.2) is 29.2 Å². The Morgan fingerprint density at radius 3 is 1.35 bits per heavy atom. The quantitative estimate of drug-likeness (QED) is 0.336. The number of hydrogen-bond acceptors (Lipinski definition) is 1. The van der Waals surface area contributed by atoms with E-state index in [1.54, 1.807) is 0 Å². The maximum absolute atomic E-state index is 13.9. The lowest BCUT2D eigenvalue weighted by molar-refractivity contribution is 0.587. The van der Waals surface area contributed by atoms with Crippen molar-refractivity contribution >= 4 is 17.9 Å². The SMILES string of the molecule is Cc1cc(C)c(P(=O)(N=[N+]=[N-])c2c(C)cc(C)cc2C)c(C)c1. The van der Waals surface area contributed by atoms with Gasteiger partial charge in [0.1, 0.15) is 0 Å². The second-order valence-corrected chi connectivity index (χ2v) is 8.47. The van der Waals surface area contributed by atoms with Gasteiger partial charge in [-0.1, -0.05) is 35.4 Å². The second kappa shape index (κ2) is 6.23. The van der Waals surface area contributed by atoms with E-state index in [1.165, 1.54) is 0 Å². The number of nitrogens with zero attached hydrogens (tertiary/aromatic N) is 3. The topological polar surface area (TPSA) is 65.8 Å². The minimum absolute atomic E-state index is 0.663. The van der Waals surface area contributed by atoms with Crippen molar-refractivity contribution in [2.45, 2.75) is 41.5 Å². The fourth-order valence-corrected chi connectivity index (χ4v) is 6.24. The molecule has 0 atom stereocenters. The van der Waals surface area contributed by atoms with Gasteiger partial charge in [-0.15, -0.1) is 0 Å². The van der Waals surface area contributed by atoms with E-state index in [-0.39, 0.29) is 0 Å². The van der Waals surface area contributed by atoms with Crippen molar-refractivity contribution < 1.29 is 4.57 Å². The highest BCUT2D eigenvalue weighted by molar-refractivity contribution is 7.77. The van der Waals surface area contributed by atoms with Gasteiger partial charge in [-0.25, -0.2) is 0 Å². The van der Waals surface area contributed by atoms with Crippen LogP contribution in [0.25, 0.3) is 10.4 Å². The van der Waals surface area contributed by atoms with E-state index < -0.39 is 7.29 Å². The van der Waals surface area contributed by atoms with E-state index in [2.05, 4.69) is 9.80 Å². The molecule has 0 aliphatic rings. The fourth-order valence-electron chi connectivity index (χ4n) is 3.56. The summed E-state index contributed by atoms with van der Waals surface area (Å²) in [6.07, 6.45) is 0. The third kappa shape index (κ3) is 3.06. The van der Waals surface area contributed by atoms with E-state index in [0.717, 1.165) is 33.4 Å². The Morgan fingerprint density at radius 2 is 1.09 bits per heavy atom. The molecule has 0 saturated heterocycles. The van der Waals surface area contributed by atoms with E-state index >= 15 is 0 Å². The Kier molecular flexibility index (Phi) is 4.70. The minimum Gasteiger partial charge on any atom is -0.307 e. The Balaban J connectivity index is 2.93. The summed E-state index contributed by atoms with van der Waals surface area (Å²) in [7, 11) is -3.41. The van der Waals surface area contributed by atoms with Crippen molar-refractivity contribution in [3.63, 3.8) is 0 Å². The zero-order valence-corrected chi connectivity index (χ0v) is 15.4. The van der Waals surface area contributed by atoms with Crippen LogP contribution >= 0.6 is 7.29 Å². The second-order valence-electron chi connectivity index (χ2n) is 6.25. The van der Waals surface area contributed by atoms with Gasteiger partial charge in [-0.2, -0.15) is 0 Å². The molecule has 2 rings (SSSR count). The van der Waals surface area contributed by atoms with Crippen LogP contribution < -0.4 is 10.6 Å². The van der Waals surface area contributed by atoms with E-state index in [4.69, 9.17) is 5.53 Å². The first kappa shape index (κ1) is 17.3. The van der Waals surface area contributed by atoms with Gasteiger partial charge in [0, 0.05) is 15.5 Å². The molecule has 0 fully saturated rings. The molecule has 0 unspecified atom stereocenters. The maximum atomic E-state index is 13.9. The lowest BCUT2D eigenvalue weighted by Crippen LogP contribution is -2.23. The average molecular weight is 327 g/mol. The Labute approximate surface area is 137 Å². The predicted octanol–water partition coefficient (Wildman–Crippen LogP) is 5.08. The molecular weight excluding hydrogens is 305 g/mol. The molecule has 4 nitrogen and oxygen atoms in total. The Bertz CT molecular complexity index is 772. The van der Waals surface area contributed by atoms with Gasteiger partial charge < -0.3 is 4.57 Å². The lowest BCUT2D eigenvalue weighted by Gasteiger charge is -2.22. The van der Waals surface area contributed by atoms with Crippen molar-refractivity contribution in [2.24, 2.45) is 4.88 Å². The highest BCUT2D eigenvalue weighted by Gasteiger charge is 2.32. The molecule has 0 heterocycles. The van der Waals surface area contributed by atoms with Crippen molar-refractivity contribution in [1.82, 2.24) is 0 Å². The van der Waals surface area contributed by atoms with Crippen molar-refractivity contribution in [3.8, 4) is 0 Å². The molecule has 0 saturated carbocycles. The molecule has 0 bridgehead atoms. The number of aryl methyl sites for hydroxylation is 6. The summed E-state index contributed by atoms with van der Waals surface area (Å²) in [4.78, 5) is 6.77. The van der Waals surface area contributed by atoms with Gasteiger partial charge in [-0.05, 0) is 74.2 Å². The summed E-state index contributed by atoms with van der Waals surface area (Å²) in [6.45, 7) is 11.7. The summed E-state index contributed by atoms with van der Waals surface area (Å²) < 4.78 is 13.9. The molecule has 2 aromatic rings. The molecule has 0 N–H and O–H groups in total. The van der Waals surface area contributed by atoms with Crippen LogP contribution in [-0.4, -0.2) is 0 Å². The minimum atomic E-state index is -3.41. The molecule has 0 spiro atoms. The number of benzene rings is 2. The van der Waals surface area contributed by atoms with Gasteiger partial charge in [0.25, 0.3) is 0 Å². The van der Waals surface area contributed by atoms with Crippen molar-refractivity contribution in [1.29, 1.82) is 0 Å². The normalized spacial score (nSPS) is 11.2. The van der Waals surface area contributed by atoms with E-state index in [1.807, 2.05) is 65.8 Å². The number of hydrogen-bond donors (Lipinski definition) is 0. The summed E-state index contributed by atoms with van der Waals surface area (Å²) >= 11 is 0. The molecule has 0 aliphatic heterocycles. The van der Waals surface area contributed by atoms with Crippen molar-refractivity contribution in [2.75, 3.05) is 0 Å². The van der Waals surface area contributed by atoms with Crippen LogP contribution in [0.5, 0.6) is 0 Å². The van der Waals surface area contributed by atoms with Gasteiger partial charge >= 0.3 is 0 Å². The van der Waals surface area contributed by atoms with Crippen molar-refractivity contribution in [3.05, 3.63) is 68.1 Å². The van der Waals surface area contributed by atoms with E-state index in [9.17, 15) is 4.57 Å². The maximum Gasteiger partial charge on any atom is 0.229 e.